The molecule has 1 aromatic carbocycles. The number of carboxylic acids is 1. The minimum absolute atomic E-state index is 0.134. The predicted molar refractivity (Wildman–Crippen MR) is 125 cm³/mol. The standard InChI is InChI=1S/C25H40FNO3Si/c1-24(2,3)31(4,5)30-17-20-15-27(16-22(20)19-10-9-11-21(26)14-19)18-25(23(28)29)12-7-6-8-13-25/h9-11,14,20,22H,6-8,12-13,15-18H2,1-5H3,(H,28,29)/t20-,22-/m1/s1. The van der Waals surface area contributed by atoms with Crippen LogP contribution in [-0.2, 0) is 9.22 Å². The molecule has 0 aromatic heterocycles. The van der Waals surface area contributed by atoms with Gasteiger partial charge >= 0.3 is 5.97 Å². The van der Waals surface area contributed by atoms with E-state index >= 15 is 0 Å². The van der Waals surface area contributed by atoms with Crippen LogP contribution in [0.15, 0.2) is 24.3 Å². The van der Waals surface area contributed by atoms with Crippen LogP contribution in [0.5, 0.6) is 0 Å². The molecule has 0 radical (unpaired) electrons. The summed E-state index contributed by atoms with van der Waals surface area (Å²) in [5.74, 6) is -0.468. The second-order valence-electron chi connectivity index (χ2n) is 11.3. The third-order valence-electron chi connectivity index (χ3n) is 8.05. The third-order valence-corrected chi connectivity index (χ3v) is 12.5. The molecule has 0 spiro atoms. The Kier molecular flexibility index (Phi) is 7.34. The Morgan fingerprint density at radius 3 is 2.48 bits per heavy atom. The molecule has 1 N–H and O–H groups in total. The lowest BCUT2D eigenvalue weighted by Gasteiger charge is -2.37. The summed E-state index contributed by atoms with van der Waals surface area (Å²) in [4.78, 5) is 14.5. The van der Waals surface area contributed by atoms with Crippen molar-refractivity contribution >= 4 is 14.3 Å². The van der Waals surface area contributed by atoms with Gasteiger partial charge in [0.1, 0.15) is 5.82 Å². The van der Waals surface area contributed by atoms with Gasteiger partial charge < -0.3 is 14.4 Å². The number of likely N-dealkylation sites (tertiary alicyclic amines) is 1. The van der Waals surface area contributed by atoms with E-state index in [1.54, 1.807) is 12.1 Å². The summed E-state index contributed by atoms with van der Waals surface area (Å²) < 4.78 is 20.6. The summed E-state index contributed by atoms with van der Waals surface area (Å²) in [7, 11) is -1.90. The van der Waals surface area contributed by atoms with Crippen molar-refractivity contribution in [2.45, 2.75) is 76.9 Å². The molecule has 3 rings (SSSR count). The van der Waals surface area contributed by atoms with Crippen molar-refractivity contribution in [3.8, 4) is 0 Å². The SMILES string of the molecule is CC(C)(C)[Si](C)(C)OC[C@H]1CN(CC2(C(=O)O)CCCCC2)C[C@@H]1c1cccc(F)c1. The first-order chi connectivity index (χ1) is 14.4. The smallest absolute Gasteiger partial charge is 0.310 e. The zero-order valence-corrected chi connectivity index (χ0v) is 20.9. The van der Waals surface area contributed by atoms with Crippen molar-refractivity contribution < 1.29 is 18.7 Å². The van der Waals surface area contributed by atoms with Crippen molar-refractivity contribution in [1.29, 1.82) is 0 Å². The summed E-state index contributed by atoms with van der Waals surface area (Å²) in [6.07, 6.45) is 4.63. The van der Waals surface area contributed by atoms with Crippen LogP contribution in [0.2, 0.25) is 18.1 Å². The van der Waals surface area contributed by atoms with Gasteiger partial charge in [-0.2, -0.15) is 0 Å². The highest BCUT2D eigenvalue weighted by atomic mass is 28.4. The maximum absolute atomic E-state index is 14.0. The molecule has 2 fully saturated rings. The quantitative estimate of drug-likeness (QED) is 0.527. The normalized spacial score (nSPS) is 25.0. The van der Waals surface area contributed by atoms with Crippen LogP contribution in [0.3, 0.4) is 0 Å². The molecule has 174 valence electrons. The number of halogens is 1. The summed E-state index contributed by atoms with van der Waals surface area (Å²) in [5, 5.41) is 10.2. The van der Waals surface area contributed by atoms with Crippen LogP contribution in [0, 0.1) is 17.2 Å². The molecule has 0 amide bonds. The van der Waals surface area contributed by atoms with Gasteiger partial charge in [-0.1, -0.05) is 52.2 Å². The number of aliphatic carboxylic acids is 1. The molecule has 1 aromatic rings. The lowest BCUT2D eigenvalue weighted by molar-refractivity contribution is -0.152. The van der Waals surface area contributed by atoms with Crippen molar-refractivity contribution in [2.75, 3.05) is 26.2 Å². The summed E-state index contributed by atoms with van der Waals surface area (Å²) in [6, 6.07) is 6.91. The van der Waals surface area contributed by atoms with Gasteiger partial charge in [-0.25, -0.2) is 4.39 Å². The lowest BCUT2D eigenvalue weighted by atomic mass is 9.73. The Balaban J connectivity index is 1.79. The Labute approximate surface area is 188 Å². The van der Waals surface area contributed by atoms with Gasteiger partial charge in [-0.05, 0) is 48.7 Å². The van der Waals surface area contributed by atoms with Crippen LogP contribution in [0.4, 0.5) is 4.39 Å². The maximum Gasteiger partial charge on any atom is 0.310 e. The predicted octanol–water partition coefficient (Wildman–Crippen LogP) is 5.90. The fourth-order valence-corrected chi connectivity index (χ4v) is 6.07. The number of nitrogens with zero attached hydrogens (tertiary/aromatic N) is 1. The van der Waals surface area contributed by atoms with Gasteiger partial charge in [0.15, 0.2) is 8.32 Å². The number of carboxylic acid groups (broad SMARTS) is 1. The van der Waals surface area contributed by atoms with Crippen LogP contribution < -0.4 is 0 Å². The van der Waals surface area contributed by atoms with E-state index in [4.69, 9.17) is 4.43 Å². The van der Waals surface area contributed by atoms with E-state index in [9.17, 15) is 14.3 Å². The first-order valence-electron chi connectivity index (χ1n) is 11.8. The summed E-state index contributed by atoms with van der Waals surface area (Å²) in [5.41, 5.74) is 0.360. The average Bonchev–Trinajstić information content (AvgIpc) is 3.09. The van der Waals surface area contributed by atoms with Gasteiger partial charge in [0, 0.05) is 38.1 Å². The van der Waals surface area contributed by atoms with Crippen molar-refractivity contribution in [2.24, 2.45) is 11.3 Å². The maximum atomic E-state index is 14.0. The lowest BCUT2D eigenvalue weighted by Crippen LogP contribution is -2.44. The van der Waals surface area contributed by atoms with Crippen molar-refractivity contribution in [1.82, 2.24) is 4.90 Å². The molecular formula is C25H40FNO3Si. The zero-order chi connectivity index (χ0) is 22.9. The van der Waals surface area contributed by atoms with E-state index in [-0.39, 0.29) is 22.7 Å². The largest absolute Gasteiger partial charge is 0.481 e. The van der Waals surface area contributed by atoms with Crippen LogP contribution in [-0.4, -0.2) is 50.5 Å². The molecule has 2 atom stereocenters. The highest BCUT2D eigenvalue weighted by molar-refractivity contribution is 6.74. The molecule has 1 aliphatic heterocycles. The number of hydrogen-bond acceptors (Lipinski definition) is 3. The Morgan fingerprint density at radius 1 is 1.23 bits per heavy atom. The highest BCUT2D eigenvalue weighted by Crippen LogP contribution is 2.42. The molecular weight excluding hydrogens is 409 g/mol. The average molecular weight is 450 g/mol. The monoisotopic (exact) mass is 449 g/mol. The Hall–Kier alpha value is -1.24. The molecule has 6 heteroatoms. The number of benzene rings is 1. The number of rotatable bonds is 7. The first kappa shape index (κ1) is 24.4. The molecule has 4 nitrogen and oxygen atoms in total. The molecule has 1 heterocycles. The second kappa shape index (κ2) is 9.32. The van der Waals surface area contributed by atoms with Crippen LogP contribution in [0.25, 0.3) is 0 Å². The minimum Gasteiger partial charge on any atom is -0.481 e. The molecule has 1 aliphatic carbocycles. The highest BCUT2D eigenvalue weighted by Gasteiger charge is 2.45. The second-order valence-corrected chi connectivity index (χ2v) is 16.1. The summed E-state index contributed by atoms with van der Waals surface area (Å²) >= 11 is 0. The van der Waals surface area contributed by atoms with Gasteiger partial charge in [-0.3, -0.25) is 4.79 Å². The number of hydrogen-bond donors (Lipinski definition) is 1. The van der Waals surface area contributed by atoms with Gasteiger partial charge in [0.25, 0.3) is 0 Å². The molecule has 1 saturated heterocycles. The summed E-state index contributed by atoms with van der Waals surface area (Å²) in [6.45, 7) is 14.1. The van der Waals surface area contributed by atoms with Crippen molar-refractivity contribution in [3.05, 3.63) is 35.6 Å². The van der Waals surface area contributed by atoms with E-state index in [2.05, 4.69) is 38.8 Å². The fourth-order valence-electron chi connectivity index (χ4n) is 5.00. The van der Waals surface area contributed by atoms with Crippen LogP contribution in [0.1, 0.15) is 64.4 Å². The minimum atomic E-state index is -1.90. The first-order valence-corrected chi connectivity index (χ1v) is 14.7. The fraction of sp³-hybridized carbons (Fsp3) is 0.720. The molecule has 2 aliphatic rings. The molecule has 0 unspecified atom stereocenters. The van der Waals surface area contributed by atoms with Gasteiger partial charge in [-0.15, -0.1) is 0 Å². The molecule has 0 bridgehead atoms. The van der Waals surface area contributed by atoms with Gasteiger partial charge in [0.2, 0.25) is 0 Å². The van der Waals surface area contributed by atoms with E-state index in [1.165, 1.54) is 6.07 Å². The number of carbonyl (C=O) groups is 1. The van der Waals surface area contributed by atoms with Gasteiger partial charge in [0.05, 0.1) is 5.41 Å². The van der Waals surface area contributed by atoms with Crippen molar-refractivity contribution in [3.63, 3.8) is 0 Å². The topological polar surface area (TPSA) is 49.8 Å². The van der Waals surface area contributed by atoms with E-state index in [0.717, 1.165) is 50.8 Å². The van der Waals surface area contributed by atoms with E-state index < -0.39 is 19.7 Å². The van der Waals surface area contributed by atoms with Crippen LogP contribution >= 0.6 is 0 Å². The Bertz CT molecular complexity index is 770. The third kappa shape index (κ3) is 5.58. The van der Waals surface area contributed by atoms with E-state index in [1.807, 2.05) is 6.07 Å². The Morgan fingerprint density at radius 2 is 1.90 bits per heavy atom. The molecule has 31 heavy (non-hydrogen) atoms. The van der Waals surface area contributed by atoms with E-state index in [0.29, 0.717) is 13.2 Å². The molecule has 1 saturated carbocycles. The zero-order valence-electron chi connectivity index (χ0n) is 19.9.